The Labute approximate surface area is 126 Å². The predicted molar refractivity (Wildman–Crippen MR) is 85.7 cm³/mol. The molecule has 0 aliphatic carbocycles. The summed E-state index contributed by atoms with van der Waals surface area (Å²) in [6.45, 7) is 7.75. The molecule has 1 aliphatic heterocycles. The fourth-order valence-electron chi connectivity index (χ4n) is 3.16. The number of hydrogen-bond donors (Lipinski definition) is 1. The van der Waals surface area contributed by atoms with Gasteiger partial charge in [-0.05, 0) is 45.7 Å². The Kier molecular flexibility index (Phi) is 4.39. The number of fused-ring (bicyclic) bond motifs is 1. The van der Waals surface area contributed by atoms with Crippen LogP contribution in [0.15, 0.2) is 18.5 Å². The molecule has 5 heteroatoms. The lowest BCUT2D eigenvalue weighted by Gasteiger charge is -2.33. The van der Waals surface area contributed by atoms with Gasteiger partial charge in [-0.15, -0.1) is 0 Å². The number of anilines is 1. The molecule has 1 aliphatic rings. The monoisotopic (exact) mass is 287 g/mol. The van der Waals surface area contributed by atoms with E-state index in [2.05, 4.69) is 33.3 Å². The topological polar surface area (TPSA) is 45.5 Å². The number of hydrogen-bond acceptors (Lipinski definition) is 4. The van der Waals surface area contributed by atoms with Crippen LogP contribution >= 0.6 is 0 Å². The fourth-order valence-corrected chi connectivity index (χ4v) is 3.16. The van der Waals surface area contributed by atoms with Crippen molar-refractivity contribution in [2.24, 2.45) is 0 Å². The molecule has 0 bridgehead atoms. The normalized spacial score (nSPS) is 20.0. The van der Waals surface area contributed by atoms with Crippen molar-refractivity contribution in [3.8, 4) is 0 Å². The highest BCUT2D eigenvalue weighted by Crippen LogP contribution is 2.17. The summed E-state index contributed by atoms with van der Waals surface area (Å²) in [6.07, 6.45) is 8.94. The van der Waals surface area contributed by atoms with Crippen molar-refractivity contribution in [1.29, 1.82) is 0 Å². The average molecular weight is 287 g/mol. The van der Waals surface area contributed by atoms with E-state index in [4.69, 9.17) is 0 Å². The van der Waals surface area contributed by atoms with E-state index in [1.807, 2.05) is 17.6 Å². The molecule has 1 N–H and O–H groups in total. The molecule has 114 valence electrons. The summed E-state index contributed by atoms with van der Waals surface area (Å²) in [5.74, 6) is 0.935. The van der Waals surface area contributed by atoms with Gasteiger partial charge >= 0.3 is 0 Å². The van der Waals surface area contributed by atoms with Gasteiger partial charge in [0.1, 0.15) is 5.52 Å². The largest absolute Gasteiger partial charge is 0.368 e. The van der Waals surface area contributed by atoms with Crippen LogP contribution in [0.1, 0.15) is 38.3 Å². The van der Waals surface area contributed by atoms with Crippen molar-refractivity contribution in [1.82, 2.24) is 19.5 Å². The third-order valence-corrected chi connectivity index (χ3v) is 4.37. The molecule has 1 unspecified atom stereocenters. The molecule has 0 radical (unpaired) electrons. The summed E-state index contributed by atoms with van der Waals surface area (Å²) in [7, 11) is 0. The van der Waals surface area contributed by atoms with Crippen molar-refractivity contribution in [3.63, 3.8) is 0 Å². The van der Waals surface area contributed by atoms with Crippen molar-refractivity contribution < 1.29 is 0 Å². The standard InChI is InChI=1S/C16H25N5/c1-13-12-15-16(18-8-11-21(15)19-13)17-7-5-10-20-9-4-3-6-14(20)2/h8,11-12,14H,3-7,9-10H2,1-2H3,(H,17,18). The predicted octanol–water partition coefficient (Wildman–Crippen LogP) is 2.71. The molecular formula is C16H25N5. The molecule has 2 aromatic heterocycles. The summed E-state index contributed by atoms with van der Waals surface area (Å²) in [5, 5.41) is 7.87. The Bertz CT molecular complexity index is 591. The van der Waals surface area contributed by atoms with Crippen LogP contribution in [0.3, 0.4) is 0 Å². The van der Waals surface area contributed by atoms with Gasteiger partial charge in [-0.2, -0.15) is 5.10 Å². The highest BCUT2D eigenvalue weighted by atomic mass is 15.2. The molecule has 3 heterocycles. The molecule has 5 nitrogen and oxygen atoms in total. The minimum atomic E-state index is 0.748. The second-order valence-corrected chi connectivity index (χ2v) is 6.05. The number of likely N-dealkylation sites (tertiary alicyclic amines) is 1. The van der Waals surface area contributed by atoms with E-state index in [1.165, 1.54) is 32.4 Å². The first kappa shape index (κ1) is 14.3. The van der Waals surface area contributed by atoms with Gasteiger partial charge in [-0.3, -0.25) is 0 Å². The van der Waals surface area contributed by atoms with Gasteiger partial charge in [-0.25, -0.2) is 9.50 Å². The van der Waals surface area contributed by atoms with Gasteiger partial charge in [0.05, 0.1) is 5.69 Å². The number of aromatic nitrogens is 3. The molecule has 0 amide bonds. The van der Waals surface area contributed by atoms with E-state index in [0.717, 1.165) is 36.0 Å². The van der Waals surface area contributed by atoms with Gasteiger partial charge in [0.2, 0.25) is 0 Å². The maximum atomic E-state index is 4.43. The average Bonchev–Trinajstić information content (AvgIpc) is 2.86. The van der Waals surface area contributed by atoms with E-state index in [9.17, 15) is 0 Å². The molecular weight excluding hydrogens is 262 g/mol. The van der Waals surface area contributed by atoms with E-state index in [0.29, 0.717) is 0 Å². The van der Waals surface area contributed by atoms with Gasteiger partial charge in [0.15, 0.2) is 5.82 Å². The molecule has 0 aromatic carbocycles. The van der Waals surface area contributed by atoms with Crippen LogP contribution in [-0.4, -0.2) is 45.2 Å². The molecule has 0 saturated carbocycles. The molecule has 21 heavy (non-hydrogen) atoms. The Hall–Kier alpha value is -1.62. The quantitative estimate of drug-likeness (QED) is 0.859. The number of nitrogens with one attached hydrogen (secondary N) is 1. The molecule has 3 rings (SSSR count). The maximum Gasteiger partial charge on any atom is 0.152 e. The third-order valence-electron chi connectivity index (χ3n) is 4.37. The van der Waals surface area contributed by atoms with Crippen LogP contribution in [0.5, 0.6) is 0 Å². The van der Waals surface area contributed by atoms with E-state index < -0.39 is 0 Å². The number of nitrogens with zero attached hydrogens (tertiary/aromatic N) is 4. The summed E-state index contributed by atoms with van der Waals surface area (Å²) in [5.41, 5.74) is 2.08. The van der Waals surface area contributed by atoms with E-state index in [-0.39, 0.29) is 0 Å². The smallest absolute Gasteiger partial charge is 0.152 e. The Balaban J connectivity index is 1.52. The number of piperidine rings is 1. The molecule has 2 aromatic rings. The van der Waals surface area contributed by atoms with Gasteiger partial charge in [0, 0.05) is 31.5 Å². The fraction of sp³-hybridized carbons (Fsp3) is 0.625. The number of rotatable bonds is 5. The first-order valence-corrected chi connectivity index (χ1v) is 8.03. The summed E-state index contributed by atoms with van der Waals surface area (Å²) < 4.78 is 1.89. The molecule has 0 spiro atoms. The van der Waals surface area contributed by atoms with E-state index >= 15 is 0 Å². The lowest BCUT2D eigenvalue weighted by atomic mass is 10.0. The van der Waals surface area contributed by atoms with Gasteiger partial charge in [-0.1, -0.05) is 6.42 Å². The minimum absolute atomic E-state index is 0.748. The van der Waals surface area contributed by atoms with Crippen molar-refractivity contribution in [2.75, 3.05) is 25.0 Å². The Morgan fingerprint density at radius 3 is 3.14 bits per heavy atom. The number of aryl methyl sites for hydroxylation is 1. The summed E-state index contributed by atoms with van der Waals surface area (Å²) >= 11 is 0. The first-order valence-electron chi connectivity index (χ1n) is 8.03. The molecule has 1 atom stereocenters. The van der Waals surface area contributed by atoms with Crippen LogP contribution in [0, 0.1) is 6.92 Å². The first-order chi connectivity index (χ1) is 10.2. The second-order valence-electron chi connectivity index (χ2n) is 6.05. The Morgan fingerprint density at radius 1 is 1.38 bits per heavy atom. The van der Waals surface area contributed by atoms with Gasteiger partial charge in [0.25, 0.3) is 0 Å². The minimum Gasteiger partial charge on any atom is -0.368 e. The second kappa shape index (κ2) is 6.43. The zero-order chi connectivity index (χ0) is 14.7. The maximum absolute atomic E-state index is 4.43. The van der Waals surface area contributed by atoms with E-state index in [1.54, 1.807) is 6.20 Å². The zero-order valence-electron chi connectivity index (χ0n) is 13.0. The summed E-state index contributed by atoms with van der Waals surface area (Å²) in [6, 6.07) is 2.82. The van der Waals surface area contributed by atoms with Crippen LogP contribution in [0.25, 0.3) is 5.52 Å². The zero-order valence-corrected chi connectivity index (χ0v) is 13.0. The van der Waals surface area contributed by atoms with Crippen molar-refractivity contribution in [3.05, 3.63) is 24.2 Å². The Morgan fingerprint density at radius 2 is 2.29 bits per heavy atom. The van der Waals surface area contributed by atoms with Crippen LogP contribution < -0.4 is 5.32 Å². The molecule has 1 fully saturated rings. The van der Waals surface area contributed by atoms with Gasteiger partial charge < -0.3 is 10.2 Å². The van der Waals surface area contributed by atoms with Crippen molar-refractivity contribution >= 4 is 11.3 Å². The van der Waals surface area contributed by atoms with Crippen LogP contribution in [-0.2, 0) is 0 Å². The van der Waals surface area contributed by atoms with Crippen LogP contribution in [0.4, 0.5) is 5.82 Å². The van der Waals surface area contributed by atoms with Crippen molar-refractivity contribution in [2.45, 2.75) is 45.6 Å². The highest BCUT2D eigenvalue weighted by molar-refractivity contribution is 5.67. The third kappa shape index (κ3) is 3.35. The SMILES string of the molecule is Cc1cc2c(NCCCN3CCCCC3C)nccn2n1. The molecule has 1 saturated heterocycles. The lowest BCUT2D eigenvalue weighted by molar-refractivity contribution is 0.160. The summed E-state index contributed by atoms with van der Waals surface area (Å²) in [4.78, 5) is 7.05. The highest BCUT2D eigenvalue weighted by Gasteiger charge is 2.17. The van der Waals surface area contributed by atoms with Crippen LogP contribution in [0.2, 0.25) is 0 Å². The lowest BCUT2D eigenvalue weighted by Crippen LogP contribution is -2.38.